The molecule has 0 N–H and O–H groups in total. The van der Waals surface area contributed by atoms with Crippen LogP contribution in [0.15, 0.2) is 24.5 Å². The van der Waals surface area contributed by atoms with Crippen LogP contribution >= 0.6 is 0 Å². The Labute approximate surface area is 120 Å². The molecule has 1 saturated heterocycles. The Morgan fingerprint density at radius 3 is 3.15 bits per heavy atom. The van der Waals surface area contributed by atoms with Crippen LogP contribution in [0.2, 0.25) is 0 Å². The maximum Gasteiger partial charge on any atom is 0.237 e. The zero-order valence-electron chi connectivity index (χ0n) is 12.3. The Bertz CT molecular complexity index is 424. The fraction of sp³-hybridized carbons (Fsp3) is 0.600. The van der Waals surface area contributed by atoms with Crippen molar-refractivity contribution in [1.29, 1.82) is 0 Å². The number of hydrogen-bond donors (Lipinski definition) is 0. The first-order valence-corrected chi connectivity index (χ1v) is 7.15. The van der Waals surface area contributed by atoms with E-state index in [9.17, 15) is 4.79 Å². The molecule has 0 saturated carbocycles. The molecule has 0 spiro atoms. The van der Waals surface area contributed by atoms with Gasteiger partial charge in [-0.3, -0.25) is 14.7 Å². The number of carbonyl (C=O) groups is 1. The van der Waals surface area contributed by atoms with Crippen LogP contribution in [-0.4, -0.2) is 60.1 Å². The summed E-state index contributed by atoms with van der Waals surface area (Å²) in [5, 5.41) is 0. The summed E-state index contributed by atoms with van der Waals surface area (Å²) in [6.45, 7) is 5.28. The van der Waals surface area contributed by atoms with Gasteiger partial charge in [0.25, 0.3) is 0 Å². The van der Waals surface area contributed by atoms with Gasteiger partial charge in [0, 0.05) is 25.5 Å². The first kappa shape index (κ1) is 14.9. The second-order valence-corrected chi connectivity index (χ2v) is 5.26. The van der Waals surface area contributed by atoms with E-state index in [4.69, 9.17) is 4.74 Å². The van der Waals surface area contributed by atoms with E-state index in [0.717, 1.165) is 18.5 Å². The van der Waals surface area contributed by atoms with Crippen LogP contribution in [0.25, 0.3) is 0 Å². The predicted molar refractivity (Wildman–Crippen MR) is 77.2 cm³/mol. The quantitative estimate of drug-likeness (QED) is 0.810. The maximum absolute atomic E-state index is 12.4. The first-order chi connectivity index (χ1) is 9.70. The summed E-state index contributed by atoms with van der Waals surface area (Å²) in [6.07, 6.45) is 4.54. The molecule has 1 aliphatic heterocycles. The lowest BCUT2D eigenvalue weighted by Gasteiger charge is -2.36. The van der Waals surface area contributed by atoms with Crippen molar-refractivity contribution in [2.45, 2.75) is 25.9 Å². The minimum Gasteiger partial charge on any atom is -0.377 e. The molecule has 0 radical (unpaired) electrons. The number of amides is 1. The Morgan fingerprint density at radius 1 is 1.60 bits per heavy atom. The second kappa shape index (κ2) is 7.36. The molecule has 0 aliphatic carbocycles. The Hall–Kier alpha value is -1.46. The van der Waals surface area contributed by atoms with E-state index in [1.807, 2.05) is 35.2 Å². The molecule has 1 fully saturated rings. The van der Waals surface area contributed by atoms with Crippen molar-refractivity contribution in [2.24, 2.45) is 0 Å². The van der Waals surface area contributed by atoms with E-state index < -0.39 is 0 Å². The van der Waals surface area contributed by atoms with E-state index in [0.29, 0.717) is 26.3 Å². The van der Waals surface area contributed by atoms with Gasteiger partial charge in [-0.15, -0.1) is 0 Å². The summed E-state index contributed by atoms with van der Waals surface area (Å²) in [5.41, 5.74) is 1.12. The lowest BCUT2D eigenvalue weighted by Crippen LogP contribution is -2.51. The SMILES string of the molecule is CC[C@H]1COCCN1C(=O)CN(C)Cc1cccnc1. The highest BCUT2D eigenvalue weighted by atomic mass is 16.5. The molecule has 0 unspecified atom stereocenters. The van der Waals surface area contributed by atoms with Crippen LogP contribution in [0.3, 0.4) is 0 Å². The first-order valence-electron chi connectivity index (χ1n) is 7.15. The Morgan fingerprint density at radius 2 is 2.45 bits per heavy atom. The van der Waals surface area contributed by atoms with Gasteiger partial charge in [0.15, 0.2) is 0 Å². The number of nitrogens with zero attached hydrogens (tertiary/aromatic N) is 3. The zero-order valence-corrected chi connectivity index (χ0v) is 12.3. The number of carbonyl (C=O) groups excluding carboxylic acids is 1. The number of pyridine rings is 1. The number of ether oxygens (including phenoxy) is 1. The number of rotatable bonds is 5. The van der Waals surface area contributed by atoms with Gasteiger partial charge in [0.05, 0.1) is 25.8 Å². The largest absolute Gasteiger partial charge is 0.377 e. The smallest absolute Gasteiger partial charge is 0.237 e. The minimum absolute atomic E-state index is 0.187. The number of aromatic nitrogens is 1. The highest BCUT2D eigenvalue weighted by Crippen LogP contribution is 2.11. The van der Waals surface area contributed by atoms with Gasteiger partial charge in [-0.05, 0) is 25.1 Å². The van der Waals surface area contributed by atoms with Gasteiger partial charge in [0.1, 0.15) is 0 Å². The number of morpholine rings is 1. The van der Waals surface area contributed by atoms with Crippen molar-refractivity contribution >= 4 is 5.91 Å². The summed E-state index contributed by atoms with van der Waals surface area (Å²) in [5.74, 6) is 0.187. The summed E-state index contributed by atoms with van der Waals surface area (Å²) in [6, 6.07) is 4.17. The Balaban J connectivity index is 1.86. The molecule has 5 heteroatoms. The van der Waals surface area contributed by atoms with E-state index >= 15 is 0 Å². The number of hydrogen-bond acceptors (Lipinski definition) is 4. The van der Waals surface area contributed by atoms with Crippen molar-refractivity contribution in [3.8, 4) is 0 Å². The molecular weight excluding hydrogens is 254 g/mol. The van der Waals surface area contributed by atoms with Crippen LogP contribution in [0.4, 0.5) is 0 Å². The van der Waals surface area contributed by atoms with Crippen molar-refractivity contribution in [3.05, 3.63) is 30.1 Å². The fourth-order valence-corrected chi connectivity index (χ4v) is 2.50. The van der Waals surface area contributed by atoms with Crippen LogP contribution in [-0.2, 0) is 16.1 Å². The Kier molecular flexibility index (Phi) is 5.49. The van der Waals surface area contributed by atoms with Gasteiger partial charge in [0.2, 0.25) is 5.91 Å². The lowest BCUT2D eigenvalue weighted by atomic mass is 10.1. The van der Waals surface area contributed by atoms with E-state index in [2.05, 4.69) is 11.9 Å². The molecule has 2 rings (SSSR count). The average molecular weight is 277 g/mol. The predicted octanol–water partition coefficient (Wildman–Crippen LogP) is 1.15. The standard InChI is InChI=1S/C15H23N3O2/c1-3-14-12-20-8-7-18(14)15(19)11-17(2)10-13-5-4-6-16-9-13/h4-6,9,14H,3,7-8,10-12H2,1-2H3/t14-/m0/s1. The van der Waals surface area contributed by atoms with Crippen LogP contribution < -0.4 is 0 Å². The van der Waals surface area contributed by atoms with Gasteiger partial charge in [-0.1, -0.05) is 13.0 Å². The fourth-order valence-electron chi connectivity index (χ4n) is 2.50. The third-order valence-corrected chi connectivity index (χ3v) is 3.60. The molecule has 0 aromatic carbocycles. The van der Waals surface area contributed by atoms with Crippen LogP contribution in [0, 0.1) is 0 Å². The molecule has 2 heterocycles. The van der Waals surface area contributed by atoms with E-state index in [1.54, 1.807) is 6.20 Å². The normalized spacial score (nSPS) is 19.4. The maximum atomic E-state index is 12.4. The molecule has 0 bridgehead atoms. The van der Waals surface area contributed by atoms with Crippen LogP contribution in [0.5, 0.6) is 0 Å². The van der Waals surface area contributed by atoms with Gasteiger partial charge in [-0.25, -0.2) is 0 Å². The molecule has 110 valence electrons. The monoisotopic (exact) mass is 277 g/mol. The van der Waals surface area contributed by atoms with Crippen molar-refractivity contribution in [3.63, 3.8) is 0 Å². The van der Waals surface area contributed by atoms with Crippen molar-refractivity contribution < 1.29 is 9.53 Å². The summed E-state index contributed by atoms with van der Waals surface area (Å²) in [7, 11) is 1.96. The van der Waals surface area contributed by atoms with Crippen LogP contribution in [0.1, 0.15) is 18.9 Å². The van der Waals surface area contributed by atoms with Crippen molar-refractivity contribution in [1.82, 2.24) is 14.8 Å². The summed E-state index contributed by atoms with van der Waals surface area (Å²) in [4.78, 5) is 20.5. The van der Waals surface area contributed by atoms with E-state index in [-0.39, 0.29) is 11.9 Å². The van der Waals surface area contributed by atoms with Crippen molar-refractivity contribution in [2.75, 3.05) is 33.4 Å². The molecule has 1 aliphatic rings. The third-order valence-electron chi connectivity index (χ3n) is 3.60. The topological polar surface area (TPSA) is 45.7 Å². The minimum atomic E-state index is 0.187. The second-order valence-electron chi connectivity index (χ2n) is 5.26. The third kappa shape index (κ3) is 4.02. The molecule has 1 aromatic heterocycles. The molecule has 5 nitrogen and oxygen atoms in total. The zero-order chi connectivity index (χ0) is 14.4. The summed E-state index contributed by atoms with van der Waals surface area (Å²) >= 11 is 0. The molecule has 20 heavy (non-hydrogen) atoms. The molecular formula is C15H23N3O2. The summed E-state index contributed by atoms with van der Waals surface area (Å²) < 4.78 is 5.44. The van der Waals surface area contributed by atoms with Gasteiger partial charge >= 0.3 is 0 Å². The average Bonchev–Trinajstić information content (AvgIpc) is 2.48. The lowest BCUT2D eigenvalue weighted by molar-refractivity contribution is -0.141. The highest BCUT2D eigenvalue weighted by molar-refractivity contribution is 5.78. The van der Waals surface area contributed by atoms with Gasteiger partial charge in [-0.2, -0.15) is 0 Å². The molecule has 1 atom stereocenters. The highest BCUT2D eigenvalue weighted by Gasteiger charge is 2.26. The molecule has 1 aromatic rings. The number of likely N-dealkylation sites (N-methyl/N-ethyl adjacent to an activating group) is 1. The van der Waals surface area contributed by atoms with Gasteiger partial charge < -0.3 is 9.64 Å². The molecule has 1 amide bonds. The van der Waals surface area contributed by atoms with E-state index in [1.165, 1.54) is 0 Å².